The molecule has 0 fully saturated rings. The Balaban J connectivity index is 0.000000309. The zero-order valence-electron chi connectivity index (χ0n) is 12.2. The summed E-state index contributed by atoms with van der Waals surface area (Å²) in [6.07, 6.45) is 2.30. The van der Waals surface area contributed by atoms with E-state index < -0.39 is 0 Å². The van der Waals surface area contributed by atoms with E-state index in [4.69, 9.17) is 9.52 Å². The second-order valence-electron chi connectivity index (χ2n) is 4.56. The van der Waals surface area contributed by atoms with Gasteiger partial charge in [-0.15, -0.1) is 0 Å². The van der Waals surface area contributed by atoms with E-state index in [-0.39, 0.29) is 6.61 Å². The highest BCUT2D eigenvalue weighted by Crippen LogP contribution is 2.30. The van der Waals surface area contributed by atoms with Gasteiger partial charge < -0.3 is 9.52 Å². The number of aromatic nitrogens is 1. The van der Waals surface area contributed by atoms with Gasteiger partial charge in [-0.3, -0.25) is 0 Å². The number of nitrogens with zero attached hydrogens (tertiary/aromatic N) is 1. The van der Waals surface area contributed by atoms with Gasteiger partial charge in [0.25, 0.3) is 0 Å². The minimum atomic E-state index is 0.267. The summed E-state index contributed by atoms with van der Waals surface area (Å²) in [5, 5.41) is 8.02. The lowest BCUT2D eigenvalue weighted by molar-refractivity contribution is 0.296. The van der Waals surface area contributed by atoms with Crippen LogP contribution in [0.1, 0.15) is 6.42 Å². The zero-order valence-corrected chi connectivity index (χ0v) is 13.1. The van der Waals surface area contributed by atoms with E-state index in [0.717, 1.165) is 34.8 Å². The summed E-state index contributed by atoms with van der Waals surface area (Å²) in [6, 6.07) is 20.1. The second-order valence-corrected chi connectivity index (χ2v) is 5.01. The van der Waals surface area contributed by atoms with Crippen molar-refractivity contribution in [2.75, 3.05) is 12.4 Å². The number of aliphatic hydroxyl groups is 1. The van der Waals surface area contributed by atoms with Crippen molar-refractivity contribution in [3.8, 4) is 22.6 Å². The minimum Gasteiger partial charge on any atom is -0.443 e. The third-order valence-corrected chi connectivity index (χ3v) is 3.28. The summed E-state index contributed by atoms with van der Waals surface area (Å²) in [6.45, 7) is 0.267. The van der Waals surface area contributed by atoms with Crippen molar-refractivity contribution in [2.24, 2.45) is 0 Å². The predicted octanol–water partition coefficient (Wildman–Crippen LogP) is 4.31. The molecule has 0 amide bonds. The molecular weight excluding hydrogens is 294 g/mol. The maximum absolute atomic E-state index is 8.02. The van der Waals surface area contributed by atoms with E-state index in [9.17, 15) is 0 Å². The van der Waals surface area contributed by atoms with E-state index in [0.29, 0.717) is 0 Å². The molecule has 1 aromatic heterocycles. The molecule has 3 nitrogen and oxygen atoms in total. The number of rotatable bonds is 4. The lowest BCUT2D eigenvalue weighted by Crippen LogP contribution is -1.81. The molecule has 3 aromatic rings. The third-order valence-electron chi connectivity index (χ3n) is 2.97. The molecule has 4 heteroatoms. The Hall–Kier alpha value is -2.04. The maximum Gasteiger partial charge on any atom is 0.182 e. The molecule has 0 atom stereocenters. The van der Waals surface area contributed by atoms with Crippen LogP contribution in [0.3, 0.4) is 0 Å². The Morgan fingerprint density at radius 1 is 0.909 bits per heavy atom. The molecule has 0 spiro atoms. The average Bonchev–Trinajstić information content (AvgIpc) is 3.07. The van der Waals surface area contributed by atoms with Crippen LogP contribution in [-0.4, -0.2) is 22.5 Å². The van der Waals surface area contributed by atoms with E-state index in [1.54, 1.807) is 0 Å². The third kappa shape index (κ3) is 4.48. The van der Waals surface area contributed by atoms with Crippen LogP contribution in [-0.2, 0) is 0 Å². The van der Waals surface area contributed by atoms with Crippen LogP contribution in [0.15, 0.2) is 71.5 Å². The molecule has 0 aliphatic carbocycles. The Labute approximate surface area is 136 Å². The van der Waals surface area contributed by atoms with Gasteiger partial charge >= 0.3 is 0 Å². The van der Waals surface area contributed by atoms with Crippen LogP contribution in [0.4, 0.5) is 0 Å². The Morgan fingerprint density at radius 3 is 2.00 bits per heavy atom. The number of oxazole rings is 1. The summed E-state index contributed by atoms with van der Waals surface area (Å²) < 4.78 is 5.49. The van der Waals surface area contributed by atoms with Crippen LogP contribution in [0.5, 0.6) is 0 Å². The lowest BCUT2D eigenvalue weighted by Gasteiger charge is -2.00. The smallest absolute Gasteiger partial charge is 0.182 e. The van der Waals surface area contributed by atoms with Gasteiger partial charge in [0.2, 0.25) is 0 Å². The maximum atomic E-state index is 8.02. The molecule has 0 aliphatic heterocycles. The molecule has 2 aromatic carbocycles. The first kappa shape index (κ1) is 16.3. The Morgan fingerprint density at radius 2 is 1.50 bits per heavy atom. The average molecular weight is 313 g/mol. The fraction of sp³-hybridized carbons (Fsp3) is 0.167. The van der Waals surface area contributed by atoms with Gasteiger partial charge in [-0.25, -0.2) is 4.98 Å². The summed E-state index contributed by atoms with van der Waals surface area (Å²) in [4.78, 5) is 4.30. The van der Waals surface area contributed by atoms with Crippen molar-refractivity contribution >= 4 is 12.6 Å². The number of thiol groups is 1. The molecule has 0 saturated carbocycles. The summed E-state index contributed by atoms with van der Waals surface area (Å²) in [7, 11) is 0. The van der Waals surface area contributed by atoms with Crippen molar-refractivity contribution in [1.29, 1.82) is 0 Å². The quantitative estimate of drug-likeness (QED) is 0.706. The number of benzene rings is 2. The fourth-order valence-corrected chi connectivity index (χ4v) is 2.05. The van der Waals surface area contributed by atoms with Gasteiger partial charge in [-0.2, -0.15) is 12.6 Å². The molecule has 0 saturated heterocycles. The van der Waals surface area contributed by atoms with Gasteiger partial charge in [0, 0.05) is 17.7 Å². The Bertz CT molecular complexity index is 597. The highest BCUT2D eigenvalue weighted by molar-refractivity contribution is 7.80. The molecule has 3 rings (SSSR count). The molecule has 22 heavy (non-hydrogen) atoms. The molecule has 114 valence electrons. The fourth-order valence-electron chi connectivity index (χ4n) is 1.91. The molecule has 1 heterocycles. The molecule has 0 unspecified atom stereocenters. The molecular formula is C18H19NO2S. The van der Waals surface area contributed by atoms with Crippen LogP contribution in [0.2, 0.25) is 0 Å². The van der Waals surface area contributed by atoms with Crippen LogP contribution >= 0.6 is 12.6 Å². The van der Waals surface area contributed by atoms with Crippen molar-refractivity contribution in [3.63, 3.8) is 0 Å². The molecule has 0 bridgehead atoms. The van der Waals surface area contributed by atoms with E-state index in [2.05, 4.69) is 17.6 Å². The SMILES string of the molecule is OCCCS.c1ccc(-c2ncoc2-c2ccccc2)cc1. The van der Waals surface area contributed by atoms with Crippen LogP contribution < -0.4 is 0 Å². The first-order valence-electron chi connectivity index (χ1n) is 7.13. The summed E-state index contributed by atoms with van der Waals surface area (Å²) in [5.74, 6) is 1.60. The first-order chi connectivity index (χ1) is 10.9. The largest absolute Gasteiger partial charge is 0.443 e. The van der Waals surface area contributed by atoms with E-state index in [1.165, 1.54) is 6.39 Å². The second kappa shape index (κ2) is 9.07. The highest BCUT2D eigenvalue weighted by atomic mass is 32.1. The predicted molar refractivity (Wildman–Crippen MR) is 92.9 cm³/mol. The monoisotopic (exact) mass is 313 g/mol. The van der Waals surface area contributed by atoms with Gasteiger partial charge in [-0.1, -0.05) is 60.7 Å². The van der Waals surface area contributed by atoms with Gasteiger partial charge in [-0.05, 0) is 12.2 Å². The topological polar surface area (TPSA) is 46.3 Å². The van der Waals surface area contributed by atoms with E-state index >= 15 is 0 Å². The normalized spacial score (nSPS) is 9.91. The van der Waals surface area contributed by atoms with Gasteiger partial charge in [0.1, 0.15) is 5.69 Å². The van der Waals surface area contributed by atoms with Gasteiger partial charge in [0.15, 0.2) is 12.2 Å². The lowest BCUT2D eigenvalue weighted by atomic mass is 10.1. The number of hydrogen-bond donors (Lipinski definition) is 2. The number of aliphatic hydroxyl groups excluding tert-OH is 1. The van der Waals surface area contributed by atoms with Crippen molar-refractivity contribution in [1.82, 2.24) is 4.98 Å². The number of hydrogen-bond acceptors (Lipinski definition) is 4. The Kier molecular flexibility index (Phi) is 6.74. The van der Waals surface area contributed by atoms with Gasteiger partial charge in [0.05, 0.1) is 0 Å². The first-order valence-corrected chi connectivity index (χ1v) is 7.76. The van der Waals surface area contributed by atoms with Crippen molar-refractivity contribution < 1.29 is 9.52 Å². The molecule has 0 aliphatic rings. The van der Waals surface area contributed by atoms with Crippen molar-refractivity contribution in [3.05, 3.63) is 67.1 Å². The van der Waals surface area contributed by atoms with Crippen LogP contribution in [0, 0.1) is 0 Å². The molecule has 1 N–H and O–H groups in total. The van der Waals surface area contributed by atoms with E-state index in [1.807, 2.05) is 60.7 Å². The zero-order chi connectivity index (χ0) is 15.6. The summed E-state index contributed by atoms with van der Waals surface area (Å²) in [5.41, 5.74) is 3.00. The van der Waals surface area contributed by atoms with Crippen molar-refractivity contribution in [2.45, 2.75) is 6.42 Å². The van der Waals surface area contributed by atoms with Crippen LogP contribution in [0.25, 0.3) is 22.6 Å². The minimum absolute atomic E-state index is 0.267. The summed E-state index contributed by atoms with van der Waals surface area (Å²) >= 11 is 3.84. The highest BCUT2D eigenvalue weighted by Gasteiger charge is 2.11. The standard InChI is InChI=1S/C15H11NO.C3H8OS/c1-3-7-12(8-4-1)14-15(17-11-16-14)13-9-5-2-6-10-13;4-2-1-3-5/h1-11H;4-5H,1-3H2. The molecule has 0 radical (unpaired) electrons.